The maximum Gasteiger partial charge on any atom is 0.303 e. The van der Waals surface area contributed by atoms with Gasteiger partial charge < -0.3 is 5.11 Å². The van der Waals surface area contributed by atoms with Gasteiger partial charge in [0, 0.05) is 6.42 Å². The van der Waals surface area contributed by atoms with Crippen molar-refractivity contribution in [2.45, 2.75) is 26.2 Å². The molecule has 0 unspecified atom stereocenters. The van der Waals surface area contributed by atoms with Crippen LogP contribution in [0.3, 0.4) is 0 Å². The van der Waals surface area contributed by atoms with E-state index in [0.29, 0.717) is 18.8 Å². The zero-order chi connectivity index (χ0) is 7.98. The highest BCUT2D eigenvalue weighted by Crippen LogP contribution is 2.07. The predicted molar refractivity (Wildman–Crippen MR) is 36.0 cm³/mol. The summed E-state index contributed by atoms with van der Waals surface area (Å²) in [6, 6.07) is 1.96. The molecule has 3 heteroatoms. The van der Waals surface area contributed by atoms with Crippen LogP contribution in [0.4, 0.5) is 0 Å². The summed E-state index contributed by atoms with van der Waals surface area (Å²) in [5.41, 5.74) is 0. The fourth-order valence-electron chi connectivity index (χ4n) is 0.561. The Morgan fingerprint density at radius 1 is 1.60 bits per heavy atom. The highest BCUT2D eigenvalue weighted by atomic mass is 16.4. The Balaban J connectivity index is 3.22. The molecule has 0 fully saturated rings. The van der Waals surface area contributed by atoms with E-state index in [4.69, 9.17) is 10.4 Å². The van der Waals surface area contributed by atoms with Crippen molar-refractivity contribution in [1.82, 2.24) is 0 Å². The van der Waals surface area contributed by atoms with Gasteiger partial charge in [0.15, 0.2) is 0 Å². The molecule has 0 aliphatic heterocycles. The van der Waals surface area contributed by atoms with Gasteiger partial charge in [-0.15, -0.1) is 0 Å². The predicted octanol–water partition coefficient (Wildman–Crippen LogP) is 1.36. The number of hydrogen-bond acceptors (Lipinski definition) is 2. The molecule has 3 nitrogen and oxygen atoms in total. The summed E-state index contributed by atoms with van der Waals surface area (Å²) < 4.78 is 0. The van der Waals surface area contributed by atoms with Gasteiger partial charge in [0.1, 0.15) is 0 Å². The third kappa shape index (κ3) is 5.10. The third-order valence-corrected chi connectivity index (χ3v) is 1.13. The zero-order valence-corrected chi connectivity index (χ0v) is 5.92. The third-order valence-electron chi connectivity index (χ3n) is 1.13. The molecule has 0 atom stereocenters. The number of rotatable bonds is 4. The standard InChI is InChI=1S/C7H10NO2/c1-6(5-8)3-2-4-7(9)10/h2-4H2,1H3,(H,9,10). The summed E-state index contributed by atoms with van der Waals surface area (Å²) in [5.74, 6) is -0.105. The molecular weight excluding hydrogens is 130 g/mol. The molecule has 0 aliphatic rings. The Morgan fingerprint density at radius 3 is 2.60 bits per heavy atom. The van der Waals surface area contributed by atoms with Crippen LogP contribution in [0.2, 0.25) is 0 Å². The second-order valence-corrected chi connectivity index (χ2v) is 2.14. The van der Waals surface area contributed by atoms with Crippen LogP contribution in [0.5, 0.6) is 0 Å². The fourth-order valence-corrected chi connectivity index (χ4v) is 0.561. The van der Waals surface area contributed by atoms with Crippen molar-refractivity contribution < 1.29 is 9.90 Å². The molecule has 0 heterocycles. The molecule has 10 heavy (non-hydrogen) atoms. The van der Waals surface area contributed by atoms with Gasteiger partial charge in [-0.2, -0.15) is 5.26 Å². The Kier molecular flexibility index (Phi) is 4.30. The Morgan fingerprint density at radius 2 is 2.20 bits per heavy atom. The molecule has 1 N–H and O–H groups in total. The number of carboxylic acid groups (broad SMARTS) is 1. The summed E-state index contributed by atoms with van der Waals surface area (Å²) in [5, 5.41) is 16.5. The first-order valence-electron chi connectivity index (χ1n) is 3.11. The highest BCUT2D eigenvalue weighted by molar-refractivity contribution is 5.66. The first kappa shape index (κ1) is 8.96. The van der Waals surface area contributed by atoms with Crippen LogP contribution in [-0.2, 0) is 4.79 Å². The Hall–Kier alpha value is -1.04. The van der Waals surface area contributed by atoms with Gasteiger partial charge in [-0.1, -0.05) is 0 Å². The van der Waals surface area contributed by atoms with E-state index in [9.17, 15) is 4.79 Å². The largest absolute Gasteiger partial charge is 0.481 e. The van der Waals surface area contributed by atoms with Crippen molar-refractivity contribution in [1.29, 1.82) is 5.26 Å². The normalized spacial score (nSPS) is 9.30. The zero-order valence-electron chi connectivity index (χ0n) is 5.92. The Labute approximate surface area is 60.3 Å². The van der Waals surface area contributed by atoms with E-state index in [0.717, 1.165) is 0 Å². The van der Waals surface area contributed by atoms with E-state index in [1.54, 1.807) is 6.92 Å². The van der Waals surface area contributed by atoms with Crippen LogP contribution in [0, 0.1) is 17.2 Å². The summed E-state index contributed by atoms with van der Waals surface area (Å²) in [7, 11) is 0. The summed E-state index contributed by atoms with van der Waals surface area (Å²) in [6.07, 6.45) is 1.32. The van der Waals surface area contributed by atoms with E-state index in [2.05, 4.69) is 0 Å². The molecule has 0 aromatic rings. The summed E-state index contributed by atoms with van der Waals surface area (Å²) in [4.78, 5) is 9.98. The van der Waals surface area contributed by atoms with Crippen molar-refractivity contribution in [2.75, 3.05) is 0 Å². The number of nitriles is 1. The van der Waals surface area contributed by atoms with E-state index in [1.165, 1.54) is 0 Å². The lowest BCUT2D eigenvalue weighted by molar-refractivity contribution is -0.137. The van der Waals surface area contributed by atoms with E-state index in [-0.39, 0.29) is 6.42 Å². The van der Waals surface area contributed by atoms with E-state index in [1.807, 2.05) is 6.07 Å². The average molecular weight is 140 g/mol. The second-order valence-electron chi connectivity index (χ2n) is 2.14. The quantitative estimate of drug-likeness (QED) is 0.641. The van der Waals surface area contributed by atoms with Crippen LogP contribution in [0.1, 0.15) is 26.2 Å². The van der Waals surface area contributed by atoms with Crippen molar-refractivity contribution in [3.05, 3.63) is 5.92 Å². The van der Waals surface area contributed by atoms with Gasteiger partial charge in [0.2, 0.25) is 0 Å². The van der Waals surface area contributed by atoms with Crippen LogP contribution < -0.4 is 0 Å². The van der Waals surface area contributed by atoms with E-state index < -0.39 is 5.97 Å². The van der Waals surface area contributed by atoms with Gasteiger partial charge >= 0.3 is 5.97 Å². The second kappa shape index (κ2) is 4.80. The Bertz CT molecular complexity index is 148. The van der Waals surface area contributed by atoms with Crippen molar-refractivity contribution in [3.63, 3.8) is 0 Å². The molecular formula is C7H10NO2. The first-order chi connectivity index (χ1) is 4.66. The molecule has 0 aromatic carbocycles. The van der Waals surface area contributed by atoms with Gasteiger partial charge in [-0.3, -0.25) is 4.79 Å². The molecule has 55 valence electrons. The van der Waals surface area contributed by atoms with Gasteiger partial charge in [-0.05, 0) is 19.8 Å². The van der Waals surface area contributed by atoms with Crippen LogP contribution in [0.25, 0.3) is 0 Å². The summed E-state index contributed by atoms with van der Waals surface area (Å²) in [6.45, 7) is 1.71. The molecule has 0 bridgehead atoms. The lowest BCUT2D eigenvalue weighted by atomic mass is 10.1. The number of nitrogens with zero attached hydrogens (tertiary/aromatic N) is 1. The minimum absolute atomic E-state index is 0.152. The number of hydrogen-bond donors (Lipinski definition) is 1. The molecule has 0 amide bonds. The first-order valence-corrected chi connectivity index (χ1v) is 3.11. The van der Waals surface area contributed by atoms with E-state index >= 15 is 0 Å². The van der Waals surface area contributed by atoms with Gasteiger partial charge in [0.25, 0.3) is 0 Å². The average Bonchev–Trinajstić information content (AvgIpc) is 1.87. The molecule has 0 rings (SSSR count). The maximum atomic E-state index is 9.98. The van der Waals surface area contributed by atoms with Crippen molar-refractivity contribution >= 4 is 5.97 Å². The molecule has 0 aromatic heterocycles. The number of carbonyl (C=O) groups is 1. The number of carboxylic acids is 1. The maximum absolute atomic E-state index is 9.98. The van der Waals surface area contributed by atoms with Crippen LogP contribution in [0.15, 0.2) is 0 Å². The minimum Gasteiger partial charge on any atom is -0.481 e. The molecule has 1 radical (unpaired) electrons. The molecule has 0 spiro atoms. The summed E-state index contributed by atoms with van der Waals surface area (Å²) >= 11 is 0. The fraction of sp³-hybridized carbons (Fsp3) is 0.571. The molecule has 0 aliphatic carbocycles. The minimum atomic E-state index is -0.800. The molecule has 0 saturated heterocycles. The smallest absolute Gasteiger partial charge is 0.303 e. The van der Waals surface area contributed by atoms with Crippen LogP contribution in [-0.4, -0.2) is 11.1 Å². The van der Waals surface area contributed by atoms with Crippen molar-refractivity contribution in [2.24, 2.45) is 0 Å². The lowest BCUT2D eigenvalue weighted by Gasteiger charge is -1.96. The highest BCUT2D eigenvalue weighted by Gasteiger charge is 2.01. The SMILES string of the molecule is C[C](C#N)CCCC(=O)O. The topological polar surface area (TPSA) is 61.1 Å². The van der Waals surface area contributed by atoms with Gasteiger partial charge in [0.05, 0.1) is 12.0 Å². The monoisotopic (exact) mass is 140 g/mol. The number of aliphatic carboxylic acids is 1. The molecule has 0 saturated carbocycles. The van der Waals surface area contributed by atoms with Crippen LogP contribution >= 0.6 is 0 Å². The van der Waals surface area contributed by atoms with Crippen molar-refractivity contribution in [3.8, 4) is 6.07 Å². The lowest BCUT2D eigenvalue weighted by Crippen LogP contribution is -1.95. The van der Waals surface area contributed by atoms with Gasteiger partial charge in [-0.25, -0.2) is 0 Å².